The molecule has 1 aromatic rings. The van der Waals surface area contributed by atoms with Gasteiger partial charge in [-0.05, 0) is 38.8 Å². The number of benzene rings is 1. The van der Waals surface area contributed by atoms with Gasteiger partial charge in [-0.15, -0.1) is 0 Å². The molecule has 98 valence electrons. The van der Waals surface area contributed by atoms with E-state index in [9.17, 15) is 4.79 Å². The molecular weight excluding hydrogens is 373 g/mol. The van der Waals surface area contributed by atoms with E-state index in [-0.39, 0.29) is 12.1 Å². The highest BCUT2D eigenvalue weighted by Gasteiger charge is 2.27. The Morgan fingerprint density at radius 3 is 3.05 bits per heavy atom. The molecule has 0 fully saturated rings. The van der Waals surface area contributed by atoms with Crippen molar-refractivity contribution in [2.45, 2.75) is 13.0 Å². The van der Waals surface area contributed by atoms with Gasteiger partial charge < -0.3 is 4.74 Å². The first-order valence-corrected chi connectivity index (χ1v) is 9.15. The number of nitrogens with zero attached hydrogens (tertiary/aromatic N) is 1. The van der Waals surface area contributed by atoms with Crippen molar-refractivity contribution in [1.29, 1.82) is 0 Å². The lowest BCUT2D eigenvalue weighted by molar-refractivity contribution is 0.159. The molecule has 0 unspecified atom stereocenters. The largest absolute Gasteiger partial charge is 0.449 e. The van der Waals surface area contributed by atoms with Crippen LogP contribution in [-0.4, -0.2) is 18.7 Å². The predicted molar refractivity (Wildman–Crippen MR) is 88.2 cm³/mol. The summed E-state index contributed by atoms with van der Waals surface area (Å²) in [5, 5.41) is 2.93. The summed E-state index contributed by atoms with van der Waals surface area (Å²) in [5.41, 5.74) is 1.83. The van der Waals surface area contributed by atoms with Gasteiger partial charge in [0.05, 0.1) is 12.3 Å². The number of carbonyl (C=O) groups excluding carboxylic acids is 1. The van der Waals surface area contributed by atoms with Gasteiger partial charge in [0.25, 0.3) is 0 Å². The zero-order valence-electron chi connectivity index (χ0n) is 10.3. The lowest BCUT2D eigenvalue weighted by Crippen LogP contribution is -2.40. The van der Waals surface area contributed by atoms with Crippen LogP contribution in [0.5, 0.6) is 0 Å². The molecule has 1 aliphatic heterocycles. The fourth-order valence-electron chi connectivity index (χ4n) is 1.88. The monoisotopic (exact) mass is 385 g/mol. The minimum atomic E-state index is -0.364. The second-order valence-electron chi connectivity index (χ2n) is 3.76. The summed E-state index contributed by atoms with van der Waals surface area (Å²) < 4.78 is 5.13. The molecule has 5 heteroatoms. The van der Waals surface area contributed by atoms with Crippen LogP contribution in [0.3, 0.4) is 0 Å². The average molecular weight is 385 g/mol. The summed E-state index contributed by atoms with van der Waals surface area (Å²) in [4.78, 5) is 13.7. The van der Waals surface area contributed by atoms with Crippen LogP contribution in [0.4, 0.5) is 10.5 Å². The van der Waals surface area contributed by atoms with Gasteiger partial charge in [0.15, 0.2) is 0 Å². The van der Waals surface area contributed by atoms with Crippen LogP contribution >= 0.6 is 30.1 Å². The Balaban J connectivity index is 2.40. The summed E-state index contributed by atoms with van der Waals surface area (Å²) in [7, 11) is 1.40. The van der Waals surface area contributed by atoms with Crippen molar-refractivity contribution in [2.75, 3.05) is 11.5 Å². The van der Waals surface area contributed by atoms with Gasteiger partial charge in [-0.1, -0.05) is 30.2 Å². The van der Waals surface area contributed by atoms with Crippen LogP contribution < -0.4 is 4.90 Å². The lowest BCUT2D eigenvalue weighted by Gasteiger charge is -2.29. The fraction of sp³-hybridized carbons (Fsp3) is 0.214. The number of halogens is 1. The molecule has 0 bridgehead atoms. The Labute approximate surface area is 129 Å². The minimum absolute atomic E-state index is 0.281. The van der Waals surface area contributed by atoms with Gasteiger partial charge in [-0.3, -0.25) is 4.90 Å². The lowest BCUT2D eigenvalue weighted by atomic mass is 10.0. The molecule has 2 rings (SSSR count). The van der Waals surface area contributed by atoms with Crippen LogP contribution in [-0.2, 0) is 4.74 Å². The predicted octanol–water partition coefficient (Wildman–Crippen LogP) is 4.09. The third kappa shape index (κ3) is 3.25. The number of hydrogen-bond donors (Lipinski definition) is 0. The van der Waals surface area contributed by atoms with Gasteiger partial charge in [-0.25, -0.2) is 4.79 Å². The summed E-state index contributed by atoms with van der Waals surface area (Å²) in [6, 6.07) is 7.44. The molecule has 0 saturated heterocycles. The first kappa shape index (κ1) is 14.3. The maximum absolute atomic E-state index is 12.1. The van der Waals surface area contributed by atoms with Gasteiger partial charge in [0.2, 0.25) is 0 Å². The average Bonchev–Trinajstić information content (AvgIpc) is 2.44. The van der Waals surface area contributed by atoms with Gasteiger partial charge >= 0.3 is 6.09 Å². The van der Waals surface area contributed by atoms with Crippen molar-refractivity contribution in [3.05, 3.63) is 35.9 Å². The number of carbonyl (C=O) groups is 1. The second kappa shape index (κ2) is 6.87. The van der Waals surface area contributed by atoms with Crippen LogP contribution in [0, 0.1) is 11.2 Å². The molecule has 1 aromatic carbocycles. The molecule has 0 saturated carbocycles. The van der Waals surface area contributed by atoms with E-state index in [1.807, 2.05) is 36.4 Å². The molecule has 1 heterocycles. The molecule has 3 nitrogen and oxygen atoms in total. The molecule has 1 aliphatic rings. The van der Waals surface area contributed by atoms with E-state index < -0.39 is 0 Å². The third-order valence-electron chi connectivity index (χ3n) is 2.64. The van der Waals surface area contributed by atoms with Crippen molar-refractivity contribution in [3.63, 3.8) is 0 Å². The molecule has 0 aromatic heterocycles. The molecule has 0 aliphatic carbocycles. The third-order valence-corrected chi connectivity index (χ3v) is 3.50. The van der Waals surface area contributed by atoms with Crippen molar-refractivity contribution < 1.29 is 9.53 Å². The maximum atomic E-state index is 12.1. The Kier molecular flexibility index (Phi) is 5.16. The van der Waals surface area contributed by atoms with Crippen LogP contribution in [0.1, 0.15) is 12.5 Å². The number of ether oxygens (including phenoxy) is 1. The maximum Gasteiger partial charge on any atom is 0.415 e. The Morgan fingerprint density at radius 1 is 1.53 bits per heavy atom. The number of para-hydroxylation sites is 1. The van der Waals surface area contributed by atoms with E-state index in [0.29, 0.717) is 6.61 Å². The Bertz CT molecular complexity index is 562. The van der Waals surface area contributed by atoms with Crippen molar-refractivity contribution >= 4 is 48.0 Å². The minimum Gasteiger partial charge on any atom is -0.449 e. The number of hydrogen-bond acceptors (Lipinski definition) is 3. The smallest absolute Gasteiger partial charge is 0.415 e. The molecule has 19 heavy (non-hydrogen) atoms. The Hall–Kier alpha value is -1.13. The molecule has 0 spiro atoms. The number of anilines is 1. The first-order valence-electron chi connectivity index (χ1n) is 5.79. The fourth-order valence-corrected chi connectivity index (χ4v) is 2.43. The Morgan fingerprint density at radius 2 is 2.32 bits per heavy atom. The van der Waals surface area contributed by atoms with E-state index in [0.717, 1.165) is 11.3 Å². The van der Waals surface area contributed by atoms with Gasteiger partial charge in [0, 0.05) is 21.2 Å². The van der Waals surface area contributed by atoms with Gasteiger partial charge in [-0.2, -0.15) is 0 Å². The number of amides is 1. The van der Waals surface area contributed by atoms with E-state index >= 15 is 0 Å². The van der Waals surface area contributed by atoms with Crippen LogP contribution in [0.25, 0.3) is 6.08 Å². The van der Waals surface area contributed by atoms with E-state index in [1.165, 1.54) is 8.93 Å². The molecular formula is C14H12INO2S. The highest BCUT2D eigenvalue weighted by Crippen LogP contribution is 2.29. The van der Waals surface area contributed by atoms with Crippen LogP contribution in [0.15, 0.2) is 30.3 Å². The summed E-state index contributed by atoms with van der Waals surface area (Å²) in [6.45, 7) is 2.15. The zero-order chi connectivity index (χ0) is 13.7. The molecule has 0 N–H and O–H groups in total. The molecule has 1 amide bonds. The van der Waals surface area contributed by atoms with Crippen molar-refractivity contribution in [3.8, 4) is 11.2 Å². The summed E-state index contributed by atoms with van der Waals surface area (Å²) >= 11 is 2.11. The highest BCUT2D eigenvalue weighted by molar-refractivity contribution is 14.2. The van der Waals surface area contributed by atoms with Gasteiger partial charge in [0.1, 0.15) is 6.04 Å². The zero-order valence-corrected chi connectivity index (χ0v) is 13.3. The summed E-state index contributed by atoms with van der Waals surface area (Å²) in [5.74, 6) is 3.05. The van der Waals surface area contributed by atoms with Crippen molar-refractivity contribution in [1.82, 2.24) is 0 Å². The first-order chi connectivity index (χ1) is 9.27. The standard InChI is InChI=1S/C14H12INO2S/c1-2-18-14(17)16-12(9-10-19-15)8-7-11-5-3-4-6-13(11)16/h3-8,12H,2H2,1H3/t12-/m0/s1. The van der Waals surface area contributed by atoms with Crippen LogP contribution in [0.2, 0.25) is 0 Å². The SMILES string of the molecule is CCOC(=O)N1c2ccccc2C=C[C@H]1C#CSI. The highest BCUT2D eigenvalue weighted by atomic mass is 127. The van der Waals surface area contributed by atoms with Crippen molar-refractivity contribution in [2.24, 2.45) is 0 Å². The molecule has 1 atom stereocenters. The second-order valence-corrected chi connectivity index (χ2v) is 5.43. The topological polar surface area (TPSA) is 29.5 Å². The summed E-state index contributed by atoms with van der Waals surface area (Å²) in [6.07, 6.45) is 3.54. The van der Waals surface area contributed by atoms with E-state index in [4.69, 9.17) is 4.74 Å². The quantitative estimate of drug-likeness (QED) is 0.539. The number of rotatable bonds is 1. The number of fused-ring (bicyclic) bond motifs is 1. The normalized spacial score (nSPS) is 16.3. The molecule has 0 radical (unpaired) electrons. The van der Waals surface area contributed by atoms with E-state index in [2.05, 4.69) is 32.4 Å². The van der Waals surface area contributed by atoms with E-state index in [1.54, 1.807) is 11.8 Å².